The van der Waals surface area contributed by atoms with Crippen LogP contribution in [0.1, 0.15) is 27.2 Å². The molecule has 0 N–H and O–H groups in total. The summed E-state index contributed by atoms with van der Waals surface area (Å²) in [4.78, 5) is 16.1. The number of hydrogen-bond donors (Lipinski definition) is 0. The molecule has 98 valence electrons. The Morgan fingerprint density at radius 1 is 1.41 bits per heavy atom. The molecule has 1 fully saturated rings. The Kier molecular flexibility index (Phi) is 6.22. The minimum Gasteiger partial charge on any atom is -0.379 e. The van der Waals surface area contributed by atoms with Crippen molar-refractivity contribution in [2.75, 3.05) is 39.4 Å². The fourth-order valence-corrected chi connectivity index (χ4v) is 1.91. The summed E-state index contributed by atoms with van der Waals surface area (Å²) >= 11 is 0. The van der Waals surface area contributed by atoms with Gasteiger partial charge >= 0.3 is 0 Å². The standard InChI is InChI=1S/C13H24N2O2/c1-4-12(3)15(13(16)5-2)7-6-14-8-10-17-11-9-14/h4H,5-11H2,1-3H3/b12-4+. The molecule has 0 spiro atoms. The van der Waals surface area contributed by atoms with Gasteiger partial charge in [0.25, 0.3) is 0 Å². The summed E-state index contributed by atoms with van der Waals surface area (Å²) in [5.41, 5.74) is 1.05. The van der Waals surface area contributed by atoms with Crippen molar-refractivity contribution in [3.63, 3.8) is 0 Å². The van der Waals surface area contributed by atoms with Crippen LogP contribution in [-0.4, -0.2) is 55.1 Å². The second-order valence-electron chi connectivity index (χ2n) is 4.28. The first kappa shape index (κ1) is 14.2. The minimum absolute atomic E-state index is 0.203. The van der Waals surface area contributed by atoms with Gasteiger partial charge in [-0.2, -0.15) is 0 Å². The van der Waals surface area contributed by atoms with Gasteiger partial charge in [-0.25, -0.2) is 0 Å². The average Bonchev–Trinajstić information content (AvgIpc) is 2.39. The molecule has 0 saturated carbocycles. The third-order valence-corrected chi connectivity index (χ3v) is 3.19. The lowest BCUT2D eigenvalue weighted by Gasteiger charge is -2.30. The number of amides is 1. The molecule has 1 rings (SSSR count). The van der Waals surface area contributed by atoms with Gasteiger partial charge in [-0.15, -0.1) is 0 Å². The first-order valence-electron chi connectivity index (χ1n) is 6.42. The number of carbonyl (C=O) groups is 1. The van der Waals surface area contributed by atoms with E-state index in [9.17, 15) is 4.79 Å². The van der Waals surface area contributed by atoms with Crippen molar-refractivity contribution in [1.29, 1.82) is 0 Å². The maximum atomic E-state index is 11.8. The van der Waals surface area contributed by atoms with E-state index in [0.717, 1.165) is 45.1 Å². The fourth-order valence-electron chi connectivity index (χ4n) is 1.91. The second-order valence-corrected chi connectivity index (χ2v) is 4.28. The molecule has 0 aromatic heterocycles. The molecule has 1 aliphatic rings. The molecule has 17 heavy (non-hydrogen) atoms. The maximum absolute atomic E-state index is 11.8. The highest BCUT2D eigenvalue weighted by Gasteiger charge is 2.16. The molecule has 1 saturated heterocycles. The van der Waals surface area contributed by atoms with E-state index in [0.29, 0.717) is 6.42 Å². The van der Waals surface area contributed by atoms with Crippen molar-refractivity contribution in [2.45, 2.75) is 27.2 Å². The number of carbonyl (C=O) groups excluding carboxylic acids is 1. The zero-order valence-corrected chi connectivity index (χ0v) is 11.2. The number of hydrogen-bond acceptors (Lipinski definition) is 3. The summed E-state index contributed by atoms with van der Waals surface area (Å²) in [6.07, 6.45) is 2.56. The summed E-state index contributed by atoms with van der Waals surface area (Å²) in [5.74, 6) is 0.203. The molecule has 1 aliphatic heterocycles. The van der Waals surface area contributed by atoms with Gasteiger partial charge < -0.3 is 9.64 Å². The summed E-state index contributed by atoms with van der Waals surface area (Å²) in [6, 6.07) is 0. The molecule has 4 heteroatoms. The van der Waals surface area contributed by atoms with E-state index in [1.807, 2.05) is 31.7 Å². The molecule has 0 aliphatic carbocycles. The first-order valence-corrected chi connectivity index (χ1v) is 6.42. The molecule has 0 unspecified atom stereocenters. The van der Waals surface area contributed by atoms with E-state index in [1.165, 1.54) is 0 Å². The van der Waals surface area contributed by atoms with Crippen LogP contribution in [0.3, 0.4) is 0 Å². The van der Waals surface area contributed by atoms with Crippen LogP contribution in [0, 0.1) is 0 Å². The van der Waals surface area contributed by atoms with Crippen molar-refractivity contribution in [3.8, 4) is 0 Å². The van der Waals surface area contributed by atoms with Gasteiger partial charge in [0.2, 0.25) is 5.91 Å². The highest BCUT2D eigenvalue weighted by atomic mass is 16.5. The Balaban J connectivity index is 2.45. The molecule has 0 aromatic rings. The Labute approximate surface area is 104 Å². The van der Waals surface area contributed by atoms with Gasteiger partial charge in [0, 0.05) is 38.3 Å². The molecular formula is C13H24N2O2. The second kappa shape index (κ2) is 7.45. The molecular weight excluding hydrogens is 216 g/mol. The van der Waals surface area contributed by atoms with Crippen LogP contribution in [-0.2, 0) is 9.53 Å². The number of ether oxygens (including phenoxy) is 1. The molecule has 0 atom stereocenters. The van der Waals surface area contributed by atoms with E-state index in [2.05, 4.69) is 4.90 Å². The fraction of sp³-hybridized carbons (Fsp3) is 0.769. The molecule has 1 heterocycles. The summed E-state index contributed by atoms with van der Waals surface area (Å²) in [5, 5.41) is 0. The van der Waals surface area contributed by atoms with Gasteiger partial charge in [0.05, 0.1) is 13.2 Å². The summed E-state index contributed by atoms with van der Waals surface area (Å²) in [6.45, 7) is 11.2. The zero-order chi connectivity index (χ0) is 12.7. The van der Waals surface area contributed by atoms with Crippen molar-refractivity contribution in [2.24, 2.45) is 0 Å². The molecule has 0 radical (unpaired) electrons. The van der Waals surface area contributed by atoms with Gasteiger partial charge in [0.1, 0.15) is 0 Å². The van der Waals surface area contributed by atoms with E-state index >= 15 is 0 Å². The topological polar surface area (TPSA) is 32.8 Å². The highest BCUT2D eigenvalue weighted by molar-refractivity contribution is 5.77. The number of nitrogens with zero attached hydrogens (tertiary/aromatic N) is 2. The number of morpholine rings is 1. The van der Waals surface area contributed by atoms with E-state index < -0.39 is 0 Å². The van der Waals surface area contributed by atoms with Crippen molar-refractivity contribution >= 4 is 5.91 Å². The normalized spacial score (nSPS) is 18.2. The largest absolute Gasteiger partial charge is 0.379 e. The van der Waals surface area contributed by atoms with Gasteiger partial charge in [0.15, 0.2) is 0 Å². The zero-order valence-electron chi connectivity index (χ0n) is 11.2. The van der Waals surface area contributed by atoms with Gasteiger partial charge in [-0.3, -0.25) is 9.69 Å². The van der Waals surface area contributed by atoms with E-state index in [1.54, 1.807) is 0 Å². The first-order chi connectivity index (χ1) is 8.19. The number of rotatable bonds is 5. The predicted molar refractivity (Wildman–Crippen MR) is 68.7 cm³/mol. The van der Waals surface area contributed by atoms with Crippen LogP contribution in [0.4, 0.5) is 0 Å². The van der Waals surface area contributed by atoms with Crippen LogP contribution in [0.25, 0.3) is 0 Å². The Hall–Kier alpha value is -0.870. The monoisotopic (exact) mass is 240 g/mol. The van der Waals surface area contributed by atoms with E-state index in [-0.39, 0.29) is 5.91 Å². The molecule has 4 nitrogen and oxygen atoms in total. The SMILES string of the molecule is C/C=C(\C)N(CCN1CCOCC1)C(=O)CC. The third-order valence-electron chi connectivity index (χ3n) is 3.19. The average molecular weight is 240 g/mol. The minimum atomic E-state index is 0.203. The van der Waals surface area contributed by atoms with Crippen molar-refractivity contribution in [1.82, 2.24) is 9.80 Å². The van der Waals surface area contributed by atoms with E-state index in [4.69, 9.17) is 4.74 Å². The van der Waals surface area contributed by atoms with Crippen LogP contribution in [0.2, 0.25) is 0 Å². The Bertz CT molecular complexity index is 271. The molecule has 1 amide bonds. The van der Waals surface area contributed by atoms with Crippen molar-refractivity contribution < 1.29 is 9.53 Å². The predicted octanol–water partition coefficient (Wildman–Crippen LogP) is 1.48. The summed E-state index contributed by atoms with van der Waals surface area (Å²) < 4.78 is 5.31. The van der Waals surface area contributed by atoms with Crippen LogP contribution < -0.4 is 0 Å². The lowest BCUT2D eigenvalue weighted by molar-refractivity contribution is -0.129. The Morgan fingerprint density at radius 2 is 2.06 bits per heavy atom. The maximum Gasteiger partial charge on any atom is 0.226 e. The lowest BCUT2D eigenvalue weighted by atomic mass is 10.3. The summed E-state index contributed by atoms with van der Waals surface area (Å²) in [7, 11) is 0. The quantitative estimate of drug-likeness (QED) is 0.730. The highest BCUT2D eigenvalue weighted by Crippen LogP contribution is 2.07. The number of allylic oxidation sites excluding steroid dienone is 2. The third kappa shape index (κ3) is 4.48. The van der Waals surface area contributed by atoms with Crippen molar-refractivity contribution in [3.05, 3.63) is 11.8 Å². The lowest BCUT2D eigenvalue weighted by Crippen LogP contribution is -2.42. The van der Waals surface area contributed by atoms with Gasteiger partial charge in [-0.05, 0) is 13.8 Å². The van der Waals surface area contributed by atoms with Crippen LogP contribution in [0.15, 0.2) is 11.8 Å². The van der Waals surface area contributed by atoms with Crippen LogP contribution >= 0.6 is 0 Å². The van der Waals surface area contributed by atoms with Crippen LogP contribution in [0.5, 0.6) is 0 Å². The smallest absolute Gasteiger partial charge is 0.226 e. The molecule has 0 bridgehead atoms. The van der Waals surface area contributed by atoms with Gasteiger partial charge in [-0.1, -0.05) is 13.0 Å². The molecule has 0 aromatic carbocycles. The Morgan fingerprint density at radius 3 is 2.59 bits per heavy atom.